The Balaban J connectivity index is 1.50. The summed E-state index contributed by atoms with van der Waals surface area (Å²) in [6.45, 7) is 11.7. The Kier molecular flexibility index (Phi) is 6.05. The molecule has 6 heteroatoms. The predicted octanol–water partition coefficient (Wildman–Crippen LogP) is 4.69. The molecule has 0 aliphatic carbocycles. The van der Waals surface area contributed by atoms with Gasteiger partial charge in [-0.25, -0.2) is 9.78 Å². The van der Waals surface area contributed by atoms with Crippen LogP contribution in [0.1, 0.15) is 52.5 Å². The molecule has 1 unspecified atom stereocenters. The van der Waals surface area contributed by atoms with E-state index in [2.05, 4.69) is 36.3 Å². The fraction of sp³-hybridized carbons (Fsp3) is 0.524. The van der Waals surface area contributed by atoms with Gasteiger partial charge in [-0.15, -0.1) is 11.3 Å². The molecule has 2 amide bonds. The first-order chi connectivity index (χ1) is 12.8. The fourth-order valence-electron chi connectivity index (χ4n) is 3.45. The second-order valence-corrected chi connectivity index (χ2v) is 8.64. The van der Waals surface area contributed by atoms with Gasteiger partial charge < -0.3 is 15.0 Å². The first-order valence-corrected chi connectivity index (χ1v) is 10.4. The van der Waals surface area contributed by atoms with Crippen LogP contribution in [0, 0.1) is 27.7 Å². The number of carbonyl (C=O) groups excluding carboxylic acids is 1. The van der Waals surface area contributed by atoms with Gasteiger partial charge in [0.2, 0.25) is 0 Å². The number of aromatic nitrogens is 1. The summed E-state index contributed by atoms with van der Waals surface area (Å²) < 4.78 is 6.12. The zero-order valence-corrected chi connectivity index (χ0v) is 17.7. The molecule has 0 saturated carbocycles. The van der Waals surface area contributed by atoms with Crippen LogP contribution in [-0.4, -0.2) is 35.1 Å². The number of nitrogens with one attached hydrogen (secondary N) is 1. The van der Waals surface area contributed by atoms with E-state index in [9.17, 15) is 4.79 Å². The molecular formula is C21H29N3O2S. The highest BCUT2D eigenvalue weighted by molar-refractivity contribution is 7.11. The number of nitrogens with zero attached hydrogens (tertiary/aromatic N) is 2. The topological polar surface area (TPSA) is 54.5 Å². The van der Waals surface area contributed by atoms with E-state index in [0.717, 1.165) is 47.3 Å². The Hall–Kier alpha value is -2.08. The van der Waals surface area contributed by atoms with Crippen molar-refractivity contribution >= 4 is 17.4 Å². The predicted molar refractivity (Wildman–Crippen MR) is 110 cm³/mol. The van der Waals surface area contributed by atoms with Crippen molar-refractivity contribution in [1.29, 1.82) is 0 Å². The Morgan fingerprint density at radius 2 is 1.93 bits per heavy atom. The van der Waals surface area contributed by atoms with E-state index in [1.165, 1.54) is 11.1 Å². The monoisotopic (exact) mass is 387 g/mol. The smallest absolute Gasteiger partial charge is 0.317 e. The number of urea groups is 1. The minimum absolute atomic E-state index is 0.00224. The van der Waals surface area contributed by atoms with Crippen LogP contribution in [0.5, 0.6) is 5.75 Å². The van der Waals surface area contributed by atoms with E-state index >= 15 is 0 Å². The molecule has 0 spiro atoms. The quantitative estimate of drug-likeness (QED) is 0.828. The minimum Gasteiger partial charge on any atom is -0.490 e. The van der Waals surface area contributed by atoms with E-state index < -0.39 is 0 Å². The van der Waals surface area contributed by atoms with E-state index in [0.29, 0.717) is 0 Å². The Bertz CT molecular complexity index is 810. The number of hydrogen-bond donors (Lipinski definition) is 1. The molecule has 2 heterocycles. The van der Waals surface area contributed by atoms with Crippen molar-refractivity contribution in [3.63, 3.8) is 0 Å². The van der Waals surface area contributed by atoms with Crippen molar-refractivity contribution in [2.24, 2.45) is 0 Å². The van der Waals surface area contributed by atoms with Crippen molar-refractivity contribution in [3.05, 3.63) is 44.9 Å². The Morgan fingerprint density at radius 1 is 1.22 bits per heavy atom. The maximum absolute atomic E-state index is 12.6. The van der Waals surface area contributed by atoms with Crippen LogP contribution in [-0.2, 0) is 0 Å². The summed E-state index contributed by atoms with van der Waals surface area (Å²) in [5, 5.41) is 4.15. The highest BCUT2D eigenvalue weighted by Gasteiger charge is 2.25. The molecule has 2 aromatic rings. The van der Waals surface area contributed by atoms with Gasteiger partial charge >= 0.3 is 6.03 Å². The number of amides is 2. The van der Waals surface area contributed by atoms with Gasteiger partial charge in [-0.2, -0.15) is 0 Å². The lowest BCUT2D eigenvalue weighted by Gasteiger charge is -2.33. The molecule has 1 saturated heterocycles. The molecule has 1 aliphatic heterocycles. The zero-order valence-electron chi connectivity index (χ0n) is 16.8. The van der Waals surface area contributed by atoms with Crippen LogP contribution in [0.4, 0.5) is 4.79 Å². The van der Waals surface area contributed by atoms with Crippen LogP contribution in [0.15, 0.2) is 18.2 Å². The number of likely N-dealkylation sites (tertiary alicyclic amines) is 1. The molecule has 1 atom stereocenters. The van der Waals surface area contributed by atoms with Gasteiger partial charge in [0.25, 0.3) is 0 Å². The van der Waals surface area contributed by atoms with Crippen LogP contribution in [0.25, 0.3) is 0 Å². The van der Waals surface area contributed by atoms with Crippen LogP contribution in [0.2, 0.25) is 0 Å². The molecule has 1 N–H and O–H groups in total. The van der Waals surface area contributed by atoms with Gasteiger partial charge in [0.15, 0.2) is 0 Å². The van der Waals surface area contributed by atoms with Gasteiger partial charge in [0, 0.05) is 30.8 Å². The van der Waals surface area contributed by atoms with Crippen LogP contribution >= 0.6 is 11.3 Å². The Labute approximate surface area is 165 Å². The molecular weight excluding hydrogens is 358 g/mol. The van der Waals surface area contributed by atoms with E-state index in [-0.39, 0.29) is 18.2 Å². The second kappa shape index (κ2) is 8.30. The van der Waals surface area contributed by atoms with E-state index in [1.54, 1.807) is 11.3 Å². The van der Waals surface area contributed by atoms with Gasteiger partial charge in [0.05, 0.1) is 16.7 Å². The van der Waals surface area contributed by atoms with Crippen molar-refractivity contribution < 1.29 is 9.53 Å². The molecule has 146 valence electrons. The number of rotatable bonds is 4. The van der Waals surface area contributed by atoms with Crippen LogP contribution in [0.3, 0.4) is 0 Å². The van der Waals surface area contributed by atoms with Gasteiger partial charge in [-0.3, -0.25) is 0 Å². The number of ether oxygens (including phenoxy) is 1. The number of hydrogen-bond acceptors (Lipinski definition) is 4. The molecule has 27 heavy (non-hydrogen) atoms. The van der Waals surface area contributed by atoms with Gasteiger partial charge in [0.1, 0.15) is 11.9 Å². The number of aryl methyl sites for hydroxylation is 4. The molecule has 1 fully saturated rings. The number of piperidine rings is 1. The van der Waals surface area contributed by atoms with Crippen molar-refractivity contribution in [2.75, 3.05) is 13.1 Å². The molecule has 0 bridgehead atoms. The van der Waals surface area contributed by atoms with Gasteiger partial charge in [-0.05, 0) is 57.9 Å². The van der Waals surface area contributed by atoms with Gasteiger partial charge in [-0.1, -0.05) is 6.07 Å². The SMILES string of the molecule is Cc1nc(C)c(C(C)NC(=O)N2CCC(Oc3ccc(C)c(C)c3)CC2)s1. The molecule has 1 aromatic heterocycles. The number of benzene rings is 1. The first-order valence-electron chi connectivity index (χ1n) is 9.56. The second-order valence-electron chi connectivity index (χ2n) is 7.40. The Morgan fingerprint density at radius 3 is 2.52 bits per heavy atom. The third kappa shape index (κ3) is 4.80. The molecule has 5 nitrogen and oxygen atoms in total. The standard InChI is InChI=1S/C21H29N3O2S/c1-13-6-7-19(12-14(13)2)26-18-8-10-24(11-9-18)21(25)23-16(4)20-15(3)22-17(5)27-20/h6-7,12,16,18H,8-11H2,1-5H3,(H,23,25). The lowest BCUT2D eigenvalue weighted by molar-refractivity contribution is 0.110. The summed E-state index contributed by atoms with van der Waals surface area (Å²) in [6, 6.07) is 6.20. The van der Waals surface area contributed by atoms with Crippen molar-refractivity contribution in [2.45, 2.75) is 59.6 Å². The fourth-order valence-corrected chi connectivity index (χ4v) is 4.38. The summed E-state index contributed by atoms with van der Waals surface area (Å²) in [7, 11) is 0. The maximum Gasteiger partial charge on any atom is 0.317 e. The largest absolute Gasteiger partial charge is 0.490 e. The molecule has 3 rings (SSSR count). The third-order valence-corrected chi connectivity index (χ3v) is 6.44. The summed E-state index contributed by atoms with van der Waals surface area (Å²) >= 11 is 1.65. The number of thiazole rings is 1. The first kappa shape index (κ1) is 19.7. The summed E-state index contributed by atoms with van der Waals surface area (Å²) in [5.74, 6) is 0.922. The van der Waals surface area contributed by atoms with Crippen molar-refractivity contribution in [3.8, 4) is 5.75 Å². The average Bonchev–Trinajstić information content (AvgIpc) is 2.97. The summed E-state index contributed by atoms with van der Waals surface area (Å²) in [5.41, 5.74) is 3.52. The number of carbonyl (C=O) groups is 1. The van der Waals surface area contributed by atoms with E-state index in [1.807, 2.05) is 31.7 Å². The molecule has 1 aromatic carbocycles. The maximum atomic E-state index is 12.6. The summed E-state index contributed by atoms with van der Waals surface area (Å²) in [6.07, 6.45) is 1.88. The summed E-state index contributed by atoms with van der Waals surface area (Å²) in [4.78, 5) is 20.1. The third-order valence-electron chi connectivity index (χ3n) is 5.18. The lowest BCUT2D eigenvalue weighted by atomic mass is 10.1. The molecule has 1 aliphatic rings. The van der Waals surface area contributed by atoms with E-state index in [4.69, 9.17) is 4.74 Å². The average molecular weight is 388 g/mol. The van der Waals surface area contributed by atoms with Crippen LogP contribution < -0.4 is 10.1 Å². The lowest BCUT2D eigenvalue weighted by Crippen LogP contribution is -2.47. The van der Waals surface area contributed by atoms with Crippen molar-refractivity contribution in [1.82, 2.24) is 15.2 Å². The zero-order chi connectivity index (χ0) is 19.6. The highest BCUT2D eigenvalue weighted by atomic mass is 32.1. The molecule has 0 radical (unpaired) electrons. The highest BCUT2D eigenvalue weighted by Crippen LogP contribution is 2.25. The minimum atomic E-state index is -0.0202. The normalized spacial score (nSPS) is 16.3.